The fourth-order valence-electron chi connectivity index (χ4n) is 9.18. The standard InChI is InChI=1S/C25H15N2OSe.C25H24NSe.C13H24O2.C5H8O2.2Ir/c1-15-10-11-19-18-8-5-9-20(24(18)28-25(19)27-15)21-13-23-17(14-26-21)12-22(29-23)16-6-3-2-4-7-16;1-16-10-17(2)12-19(11-16)22-14-24-20(15-26-22)13-23(27-24)18-6-8-21(9-7-18)25(3,4)5;1-5-10(6-2)12(14)9-13(15)11(7-3)8-4;1-4(6)3-5(2)7;;/h2-8,10-14H,1H3;6-11,13-15H,1-5H3;9-11,14H,5-8H2,1-4H3;3,6H,1-2H3;;/q2*-1;;;;. The largest absolute Gasteiger partial charge is 0 e. The van der Waals surface area contributed by atoms with Crippen molar-refractivity contribution in [1.29, 1.82) is 0 Å². The molecule has 8 nitrogen and oxygen atoms in total. The maximum absolute atomic E-state index is 11.7. The molecule has 0 saturated heterocycles. The van der Waals surface area contributed by atoms with Gasteiger partial charge in [0.05, 0.1) is 11.5 Å². The van der Waals surface area contributed by atoms with Gasteiger partial charge in [0.25, 0.3) is 0 Å². The Balaban J connectivity index is 0.000000214. The minimum atomic E-state index is -0.125. The molecule has 10 aromatic rings. The summed E-state index contributed by atoms with van der Waals surface area (Å²) in [5.41, 5.74) is 12.9. The van der Waals surface area contributed by atoms with Crippen LogP contribution in [0.3, 0.4) is 0 Å². The van der Waals surface area contributed by atoms with Crippen LogP contribution < -0.4 is 0 Å². The number of hydrogen-bond acceptors (Lipinski definition) is 8. The van der Waals surface area contributed by atoms with E-state index >= 15 is 0 Å². The number of aromatic nitrogens is 3. The number of fused-ring (bicyclic) bond motifs is 5. The van der Waals surface area contributed by atoms with Crippen LogP contribution >= 0.6 is 0 Å². The van der Waals surface area contributed by atoms with Gasteiger partial charge >= 0.3 is 341 Å². The maximum Gasteiger partial charge on any atom is 0 e. The number of allylic oxidation sites excluding steroid dienone is 4. The van der Waals surface area contributed by atoms with Gasteiger partial charge in [-0.05, 0) is 39.5 Å². The Morgan fingerprint density at radius 1 is 0.675 bits per heavy atom. The van der Waals surface area contributed by atoms with E-state index in [-0.39, 0.29) is 95.0 Å². The Morgan fingerprint density at radius 2 is 1.25 bits per heavy atom. The number of pyridine rings is 3. The molecule has 12 heteroatoms. The van der Waals surface area contributed by atoms with Crippen molar-refractivity contribution in [2.75, 3.05) is 0 Å². The van der Waals surface area contributed by atoms with Gasteiger partial charge in [-0.25, -0.2) is 0 Å². The Labute approximate surface area is 511 Å². The molecule has 10 rings (SSSR count). The van der Waals surface area contributed by atoms with E-state index in [0.717, 1.165) is 75.8 Å². The number of nitrogens with zero attached hydrogens (tertiary/aromatic N) is 3. The molecule has 0 amide bonds. The van der Waals surface area contributed by atoms with Gasteiger partial charge in [-0.1, -0.05) is 27.7 Å². The van der Waals surface area contributed by atoms with Gasteiger partial charge in [-0.3, -0.25) is 9.59 Å². The molecule has 2 N–H and O–H groups in total. The van der Waals surface area contributed by atoms with E-state index in [1.54, 1.807) is 0 Å². The molecule has 0 bridgehead atoms. The van der Waals surface area contributed by atoms with E-state index in [1.807, 2.05) is 65.2 Å². The number of rotatable bonds is 12. The molecule has 0 aliphatic carbocycles. The van der Waals surface area contributed by atoms with Crippen molar-refractivity contribution in [3.63, 3.8) is 0 Å². The zero-order valence-electron chi connectivity index (χ0n) is 47.7. The monoisotopic (exact) mass is 1560 g/mol. The molecule has 0 spiro atoms. The van der Waals surface area contributed by atoms with E-state index < -0.39 is 0 Å². The van der Waals surface area contributed by atoms with Gasteiger partial charge in [-0.2, -0.15) is 0 Å². The molecule has 4 aromatic carbocycles. The second-order valence-electron chi connectivity index (χ2n) is 20.8. The molecular weight excluding hydrogens is 1480 g/mol. The Hall–Kier alpha value is -5.63. The van der Waals surface area contributed by atoms with Crippen molar-refractivity contribution in [2.24, 2.45) is 11.8 Å². The number of furan rings is 1. The summed E-state index contributed by atoms with van der Waals surface area (Å²) >= 11 is 0.573. The Kier molecular flexibility index (Phi) is 24.4. The third-order valence-electron chi connectivity index (χ3n) is 13.5. The first-order valence-corrected chi connectivity index (χ1v) is 30.2. The van der Waals surface area contributed by atoms with E-state index in [0.29, 0.717) is 20.2 Å². The van der Waals surface area contributed by atoms with Crippen molar-refractivity contribution in [3.05, 3.63) is 186 Å². The third kappa shape index (κ3) is 17.0. The van der Waals surface area contributed by atoms with Gasteiger partial charge < -0.3 is 10.2 Å². The topological polar surface area (TPSA) is 126 Å². The fourth-order valence-corrected chi connectivity index (χ4v) is 13.7. The average molecular weight is 1550 g/mol. The number of aliphatic hydroxyl groups excluding tert-OH is 2. The summed E-state index contributed by atoms with van der Waals surface area (Å²) < 4.78 is 11.7. The molecule has 0 fully saturated rings. The maximum atomic E-state index is 11.7. The van der Waals surface area contributed by atoms with Crippen LogP contribution in [0, 0.1) is 44.7 Å². The van der Waals surface area contributed by atoms with Crippen LogP contribution in [0.1, 0.15) is 110 Å². The van der Waals surface area contributed by atoms with Crippen LogP contribution in [-0.4, -0.2) is 65.7 Å². The number of carbonyl (C=O) groups excluding carboxylic acids is 2. The van der Waals surface area contributed by atoms with Crippen molar-refractivity contribution in [3.8, 4) is 42.5 Å². The van der Waals surface area contributed by atoms with Crippen LogP contribution in [0.15, 0.2) is 156 Å². The predicted molar refractivity (Wildman–Crippen MR) is 326 cm³/mol. The summed E-state index contributed by atoms with van der Waals surface area (Å²) in [6.45, 7) is 23.9. The van der Waals surface area contributed by atoms with Crippen molar-refractivity contribution < 1.29 is 64.4 Å². The number of aliphatic hydroxyl groups is 2. The van der Waals surface area contributed by atoms with Gasteiger partial charge in [-0.15, -0.1) is 0 Å². The van der Waals surface area contributed by atoms with Crippen LogP contribution in [0.25, 0.3) is 83.9 Å². The second kappa shape index (κ2) is 29.9. The van der Waals surface area contributed by atoms with Gasteiger partial charge in [0.1, 0.15) is 0 Å². The minimum absolute atomic E-state index is 0. The summed E-state index contributed by atoms with van der Waals surface area (Å²) in [4.78, 5) is 35.7. The molecule has 0 saturated carbocycles. The van der Waals surface area contributed by atoms with Gasteiger partial charge in [0.2, 0.25) is 0 Å². The molecule has 0 aliphatic rings. The van der Waals surface area contributed by atoms with Crippen LogP contribution in [0.4, 0.5) is 0 Å². The molecule has 0 atom stereocenters. The van der Waals surface area contributed by atoms with Gasteiger partial charge in [0.15, 0.2) is 11.6 Å². The number of hydrogen-bond donors (Lipinski definition) is 2. The first-order chi connectivity index (χ1) is 37.3. The molecule has 0 unspecified atom stereocenters. The van der Waals surface area contributed by atoms with Crippen LogP contribution in [0.5, 0.6) is 0 Å². The molecule has 80 heavy (non-hydrogen) atoms. The number of benzene rings is 4. The molecule has 2 radical (unpaired) electrons. The molecule has 420 valence electrons. The zero-order valence-corrected chi connectivity index (χ0v) is 55.9. The van der Waals surface area contributed by atoms with E-state index in [2.05, 4.69) is 149 Å². The summed E-state index contributed by atoms with van der Waals surface area (Å²) in [5.74, 6) is 0.485. The summed E-state index contributed by atoms with van der Waals surface area (Å²) in [6, 6.07) is 47.9. The Morgan fingerprint density at radius 3 is 1.79 bits per heavy atom. The van der Waals surface area contributed by atoms with Crippen molar-refractivity contribution in [1.82, 2.24) is 15.0 Å². The predicted octanol–water partition coefficient (Wildman–Crippen LogP) is 17.3. The van der Waals surface area contributed by atoms with Crippen LogP contribution in [0.2, 0.25) is 0 Å². The summed E-state index contributed by atoms with van der Waals surface area (Å²) in [7, 11) is 0. The Bertz CT molecular complexity index is 3720. The summed E-state index contributed by atoms with van der Waals surface area (Å²) in [5, 5.41) is 22.7. The normalized spacial score (nSPS) is 11.6. The van der Waals surface area contributed by atoms with Gasteiger partial charge in [0, 0.05) is 64.2 Å². The first-order valence-electron chi connectivity index (χ1n) is 26.8. The minimum Gasteiger partial charge on any atom is 0 e. The fraction of sp³-hybridized carbons (Fsp3) is 0.279. The van der Waals surface area contributed by atoms with Crippen molar-refractivity contribution in [2.45, 2.75) is 114 Å². The van der Waals surface area contributed by atoms with Crippen LogP contribution in [-0.2, 0) is 55.2 Å². The molecule has 0 aliphatic heterocycles. The van der Waals surface area contributed by atoms with E-state index in [1.165, 1.54) is 76.4 Å². The molecule has 6 heterocycles. The first kappa shape index (κ1) is 65.2. The second-order valence-corrected chi connectivity index (χ2v) is 25.3. The molecular formula is C68H71Ir2N3O5Se2-2. The number of ketones is 2. The third-order valence-corrected chi connectivity index (χ3v) is 18.3. The van der Waals surface area contributed by atoms with E-state index in [9.17, 15) is 14.7 Å². The quantitative estimate of drug-likeness (QED) is 0.0536. The zero-order chi connectivity index (χ0) is 56.3. The van der Waals surface area contributed by atoms with E-state index in [4.69, 9.17) is 19.5 Å². The smallest absolute Gasteiger partial charge is 0 e. The average Bonchev–Trinajstić information content (AvgIpc) is 4.16. The molecule has 6 aromatic heterocycles. The van der Waals surface area contributed by atoms with Crippen molar-refractivity contribution >= 4 is 81.9 Å². The SMILES string of the molecule is CC(=O)C=C(C)O.CCC(CC)C(=O)C=C(O)C(CC)CC.Cc1[c-]c(-c2cc3[se]c(-c4ccc(C(C)(C)C)cc4)cc3cn2)cc(C)c1.Cc1ccc2c(n1)oc1c(-c3cc4[se]c(-c5ccccc5)cc4cn3)[c-]ccc12.[Ir].[Ir]. The number of aryl methyl sites for hydroxylation is 3. The number of carbonyl (C=O) groups is 2. The summed E-state index contributed by atoms with van der Waals surface area (Å²) in [6.07, 6.45) is 10.1.